The lowest BCUT2D eigenvalue weighted by Crippen LogP contribution is -2.41. The van der Waals surface area contributed by atoms with Crippen LogP contribution in [-0.2, 0) is 24.0 Å². The van der Waals surface area contributed by atoms with Crippen LogP contribution >= 0.6 is 0 Å². The lowest BCUT2D eigenvalue weighted by atomic mass is 10.1. The fourth-order valence-electron chi connectivity index (χ4n) is 4.92. The van der Waals surface area contributed by atoms with Crippen LogP contribution in [0.15, 0.2) is 48.5 Å². The zero-order valence-electron chi connectivity index (χ0n) is 16.2. The molecule has 2 saturated heterocycles. The Hall–Kier alpha value is -2.53. The monoisotopic (exact) mass is 378 g/mol. The van der Waals surface area contributed by atoms with Gasteiger partial charge in [-0.2, -0.15) is 0 Å². The molecule has 2 atom stereocenters. The van der Waals surface area contributed by atoms with Crippen LogP contribution in [0.25, 0.3) is 0 Å². The van der Waals surface area contributed by atoms with Gasteiger partial charge in [0.1, 0.15) is 11.9 Å². The zero-order valence-corrected chi connectivity index (χ0v) is 16.2. The number of ether oxygens (including phenoxy) is 2. The molecule has 2 heterocycles. The first-order valence-corrected chi connectivity index (χ1v) is 10.1. The van der Waals surface area contributed by atoms with Crippen molar-refractivity contribution in [3.05, 3.63) is 65.2 Å². The highest BCUT2D eigenvalue weighted by Gasteiger charge is 2.49. The van der Waals surface area contributed by atoms with Gasteiger partial charge in [0.05, 0.1) is 13.2 Å². The molecule has 0 saturated carbocycles. The third-order valence-corrected chi connectivity index (χ3v) is 6.50. The molecule has 2 aromatic carbocycles. The minimum Gasteiger partial charge on any atom is -0.497 e. The summed E-state index contributed by atoms with van der Waals surface area (Å²) >= 11 is 0. The summed E-state index contributed by atoms with van der Waals surface area (Å²) in [5.74, 6) is 0.855. The number of nitrogens with zero attached hydrogens (tertiary/aromatic N) is 2. The number of methoxy groups -OCH3 is 1. The highest BCUT2D eigenvalue weighted by molar-refractivity contribution is 5.71. The molecular weight excluding hydrogens is 352 g/mol. The number of carbonyl (C=O) groups excluding carboxylic acids is 1. The minimum absolute atomic E-state index is 0.00656. The molecule has 0 N–H and O–H groups in total. The van der Waals surface area contributed by atoms with Crippen LogP contribution in [0.4, 0.5) is 4.79 Å². The highest BCUT2D eigenvalue weighted by Crippen LogP contribution is 2.33. The van der Waals surface area contributed by atoms with E-state index in [4.69, 9.17) is 9.47 Å². The maximum Gasteiger partial charge on any atom is 0.410 e. The van der Waals surface area contributed by atoms with Gasteiger partial charge in [-0.15, -0.1) is 0 Å². The summed E-state index contributed by atoms with van der Waals surface area (Å²) in [7, 11) is 1.67. The first-order chi connectivity index (χ1) is 13.7. The molecule has 2 aliphatic heterocycles. The third-order valence-electron chi connectivity index (χ3n) is 6.50. The Kier molecular flexibility index (Phi) is 4.47. The van der Waals surface area contributed by atoms with E-state index in [1.54, 1.807) is 7.11 Å². The van der Waals surface area contributed by atoms with Crippen molar-refractivity contribution in [3.63, 3.8) is 0 Å². The summed E-state index contributed by atoms with van der Waals surface area (Å²) < 4.78 is 10.9. The SMILES string of the molecule is COc1ccc(CCN2C(=O)O[C@@H]3CN(C4Cc5ccccc5C4)C[C@@H]32)cc1. The quantitative estimate of drug-likeness (QED) is 0.802. The largest absolute Gasteiger partial charge is 0.497 e. The predicted molar refractivity (Wildman–Crippen MR) is 107 cm³/mol. The van der Waals surface area contributed by atoms with Crippen LogP contribution in [0.1, 0.15) is 16.7 Å². The molecule has 5 nitrogen and oxygen atoms in total. The molecule has 5 rings (SSSR count). The summed E-state index contributed by atoms with van der Waals surface area (Å²) in [6.45, 7) is 2.47. The van der Waals surface area contributed by atoms with Gasteiger partial charge < -0.3 is 9.47 Å². The standard InChI is InChI=1S/C23H26N2O3/c1-27-20-8-6-16(7-9-20)10-11-25-21-14-24(15-22(21)28-23(25)26)19-12-17-4-2-3-5-18(17)13-19/h2-9,19,21-22H,10-15H2,1H3/t21-,22+/m0/s1. The number of hydrogen-bond acceptors (Lipinski definition) is 4. The van der Waals surface area contributed by atoms with Crippen molar-refractivity contribution >= 4 is 6.09 Å². The van der Waals surface area contributed by atoms with Crippen LogP contribution in [0.5, 0.6) is 5.75 Å². The van der Waals surface area contributed by atoms with E-state index in [1.807, 2.05) is 17.0 Å². The van der Waals surface area contributed by atoms with E-state index in [9.17, 15) is 4.79 Å². The highest BCUT2D eigenvalue weighted by atomic mass is 16.6. The minimum atomic E-state index is -0.155. The van der Waals surface area contributed by atoms with Gasteiger partial charge in [-0.3, -0.25) is 9.80 Å². The third kappa shape index (κ3) is 3.14. The molecule has 0 unspecified atom stereocenters. The summed E-state index contributed by atoms with van der Waals surface area (Å²) in [4.78, 5) is 16.9. The maximum atomic E-state index is 12.4. The van der Waals surface area contributed by atoms with Crippen molar-refractivity contribution in [2.75, 3.05) is 26.7 Å². The maximum absolute atomic E-state index is 12.4. The molecule has 0 radical (unpaired) electrons. The van der Waals surface area contributed by atoms with E-state index >= 15 is 0 Å². The van der Waals surface area contributed by atoms with Gasteiger partial charge >= 0.3 is 6.09 Å². The van der Waals surface area contributed by atoms with E-state index in [0.29, 0.717) is 12.6 Å². The fraction of sp³-hybridized carbons (Fsp3) is 0.435. The Morgan fingerprint density at radius 3 is 2.43 bits per heavy atom. The molecule has 5 heteroatoms. The van der Waals surface area contributed by atoms with Crippen LogP contribution in [-0.4, -0.2) is 60.8 Å². The number of rotatable bonds is 5. The van der Waals surface area contributed by atoms with Crippen LogP contribution in [0.2, 0.25) is 0 Å². The van der Waals surface area contributed by atoms with Gasteiger partial charge in [0.25, 0.3) is 0 Å². The van der Waals surface area contributed by atoms with Crippen molar-refractivity contribution in [2.24, 2.45) is 0 Å². The van der Waals surface area contributed by atoms with Crippen LogP contribution < -0.4 is 4.74 Å². The average molecular weight is 378 g/mol. The Balaban J connectivity index is 1.21. The summed E-state index contributed by atoms with van der Waals surface area (Å²) in [6, 6.07) is 17.5. The molecule has 0 aromatic heterocycles. The Labute approximate surface area is 165 Å². The molecule has 146 valence electrons. The number of carbonyl (C=O) groups is 1. The topological polar surface area (TPSA) is 42.0 Å². The number of fused-ring (bicyclic) bond motifs is 2. The number of likely N-dealkylation sites (tertiary alicyclic amines) is 1. The van der Waals surface area contributed by atoms with E-state index in [-0.39, 0.29) is 18.2 Å². The second-order valence-electron chi connectivity index (χ2n) is 8.07. The number of amides is 1. The molecule has 3 aliphatic rings. The van der Waals surface area contributed by atoms with Gasteiger partial charge in [0, 0.05) is 25.7 Å². The van der Waals surface area contributed by atoms with Crippen LogP contribution in [0.3, 0.4) is 0 Å². The average Bonchev–Trinajstić information content (AvgIpc) is 3.39. The molecule has 1 amide bonds. The molecule has 1 aliphatic carbocycles. The lowest BCUT2D eigenvalue weighted by molar-refractivity contribution is 0.113. The van der Waals surface area contributed by atoms with Gasteiger partial charge in [-0.05, 0) is 48.1 Å². The normalized spacial score (nSPS) is 24.3. The second-order valence-corrected chi connectivity index (χ2v) is 8.07. The smallest absolute Gasteiger partial charge is 0.410 e. The van der Waals surface area contributed by atoms with E-state index in [1.165, 1.54) is 16.7 Å². The number of hydrogen-bond donors (Lipinski definition) is 0. The molecular formula is C23H26N2O3. The molecule has 28 heavy (non-hydrogen) atoms. The van der Waals surface area contributed by atoms with Crippen molar-refractivity contribution in [3.8, 4) is 5.75 Å². The first kappa shape index (κ1) is 17.6. The molecule has 0 bridgehead atoms. The van der Waals surface area contributed by atoms with E-state index < -0.39 is 0 Å². The predicted octanol–water partition coefficient (Wildman–Crippen LogP) is 2.91. The van der Waals surface area contributed by atoms with E-state index in [0.717, 1.165) is 38.1 Å². The Bertz CT molecular complexity index is 841. The van der Waals surface area contributed by atoms with Gasteiger partial charge in [-0.1, -0.05) is 36.4 Å². The van der Waals surface area contributed by atoms with Crippen molar-refractivity contribution in [1.82, 2.24) is 9.80 Å². The van der Waals surface area contributed by atoms with Crippen LogP contribution in [0, 0.1) is 0 Å². The summed E-state index contributed by atoms with van der Waals surface area (Å²) in [6.07, 6.45) is 2.90. The lowest BCUT2D eigenvalue weighted by Gasteiger charge is -2.26. The van der Waals surface area contributed by atoms with Crippen molar-refractivity contribution < 1.29 is 14.3 Å². The first-order valence-electron chi connectivity index (χ1n) is 10.1. The van der Waals surface area contributed by atoms with Crippen molar-refractivity contribution in [1.29, 1.82) is 0 Å². The number of benzene rings is 2. The molecule has 0 spiro atoms. The van der Waals surface area contributed by atoms with Gasteiger partial charge in [0.2, 0.25) is 0 Å². The Morgan fingerprint density at radius 2 is 1.75 bits per heavy atom. The van der Waals surface area contributed by atoms with Gasteiger partial charge in [0.15, 0.2) is 0 Å². The van der Waals surface area contributed by atoms with Crippen molar-refractivity contribution in [2.45, 2.75) is 37.5 Å². The second kappa shape index (κ2) is 7.13. The summed E-state index contributed by atoms with van der Waals surface area (Å²) in [5, 5.41) is 0. The molecule has 2 aromatic rings. The Morgan fingerprint density at radius 1 is 1.04 bits per heavy atom. The fourth-order valence-corrected chi connectivity index (χ4v) is 4.92. The van der Waals surface area contributed by atoms with Gasteiger partial charge in [-0.25, -0.2) is 4.79 Å². The van der Waals surface area contributed by atoms with E-state index in [2.05, 4.69) is 41.3 Å². The zero-order chi connectivity index (χ0) is 19.1. The molecule has 2 fully saturated rings. The summed E-state index contributed by atoms with van der Waals surface area (Å²) in [5.41, 5.74) is 4.15.